The third kappa shape index (κ3) is 4.79. The van der Waals surface area contributed by atoms with Crippen molar-refractivity contribution in [3.8, 4) is 40.1 Å². The molecular weight excluding hydrogens is 502 g/mol. The van der Waals surface area contributed by atoms with E-state index in [0.717, 1.165) is 18.5 Å². The van der Waals surface area contributed by atoms with Crippen LogP contribution in [-0.4, -0.2) is 53.2 Å². The number of benzene rings is 1. The van der Waals surface area contributed by atoms with Gasteiger partial charge < -0.3 is 4.74 Å². The molecule has 1 fully saturated rings. The van der Waals surface area contributed by atoms with Gasteiger partial charge in [0.2, 0.25) is 5.82 Å². The molecule has 0 radical (unpaired) electrons. The molecule has 12 heteroatoms. The molecule has 0 unspecified atom stereocenters. The Kier molecular flexibility index (Phi) is 5.97. The van der Waals surface area contributed by atoms with E-state index in [1.807, 2.05) is 19.1 Å². The van der Waals surface area contributed by atoms with Gasteiger partial charge in [0.15, 0.2) is 15.6 Å². The number of anilines is 1. The number of nitrogens with one attached hydrogen (secondary N) is 1. The highest BCUT2D eigenvalue weighted by Gasteiger charge is 2.21. The molecule has 0 bridgehead atoms. The molecule has 5 aromatic rings. The van der Waals surface area contributed by atoms with Crippen LogP contribution < -0.4 is 10.1 Å². The standard InChI is InChI=1S/C26H21N9O2S/c1-14-10-20(21(37-3)13-27-14)19-11-16(22-32-34-35(2)33-22)7-9-18(19)24(36)31-26-30-23-25(38-26)29-17(12-28-23)8-6-15-4-5-15/h7,9-13,15H,4-5H2,1-3H3,(H,28,30,31,36). The predicted octanol–water partition coefficient (Wildman–Crippen LogP) is 3.67. The lowest BCUT2D eigenvalue weighted by Gasteiger charge is -2.14. The number of aromatic nitrogens is 8. The van der Waals surface area contributed by atoms with Crippen LogP contribution in [0.3, 0.4) is 0 Å². The van der Waals surface area contributed by atoms with E-state index in [9.17, 15) is 4.79 Å². The maximum absolute atomic E-state index is 13.6. The largest absolute Gasteiger partial charge is 0.494 e. The van der Waals surface area contributed by atoms with E-state index in [-0.39, 0.29) is 5.91 Å². The van der Waals surface area contributed by atoms with E-state index in [1.165, 1.54) is 16.1 Å². The molecule has 0 atom stereocenters. The lowest BCUT2D eigenvalue weighted by Crippen LogP contribution is -2.13. The number of rotatable bonds is 5. The summed E-state index contributed by atoms with van der Waals surface area (Å²) in [6, 6.07) is 7.22. The van der Waals surface area contributed by atoms with Crippen molar-refractivity contribution in [2.75, 3.05) is 12.4 Å². The molecule has 0 saturated heterocycles. The Labute approximate surface area is 221 Å². The zero-order valence-electron chi connectivity index (χ0n) is 20.8. The Balaban J connectivity index is 1.37. The van der Waals surface area contributed by atoms with Crippen LogP contribution in [0, 0.1) is 24.7 Å². The molecule has 6 rings (SSSR count). The summed E-state index contributed by atoms with van der Waals surface area (Å²) >= 11 is 1.25. The van der Waals surface area contributed by atoms with E-state index in [0.29, 0.717) is 61.0 Å². The average Bonchev–Trinajstić information content (AvgIpc) is 3.51. The molecular formula is C26H21N9O2S. The number of pyridine rings is 1. The second-order valence-corrected chi connectivity index (χ2v) is 9.77. The number of hydrogen-bond donors (Lipinski definition) is 1. The zero-order chi connectivity index (χ0) is 26.2. The monoisotopic (exact) mass is 523 g/mol. The van der Waals surface area contributed by atoms with Gasteiger partial charge in [-0.15, -0.1) is 10.2 Å². The van der Waals surface area contributed by atoms with Crippen molar-refractivity contribution in [3.63, 3.8) is 0 Å². The molecule has 1 aromatic carbocycles. The summed E-state index contributed by atoms with van der Waals surface area (Å²) in [6.45, 7) is 1.88. The molecule has 38 heavy (non-hydrogen) atoms. The van der Waals surface area contributed by atoms with E-state index in [4.69, 9.17) is 4.74 Å². The SMILES string of the molecule is COc1cnc(C)cc1-c1cc(-c2nnn(C)n2)ccc1C(=O)Nc1nc2ncc(C#CC3CC3)nc2s1. The van der Waals surface area contributed by atoms with Crippen LogP contribution in [0.5, 0.6) is 5.75 Å². The number of carbonyl (C=O) groups excluding carboxylic acids is 1. The molecule has 1 saturated carbocycles. The van der Waals surface area contributed by atoms with Crippen LogP contribution >= 0.6 is 11.3 Å². The quantitative estimate of drug-likeness (QED) is 0.343. The highest BCUT2D eigenvalue weighted by Crippen LogP contribution is 2.35. The number of nitrogens with zero attached hydrogens (tertiary/aromatic N) is 8. The van der Waals surface area contributed by atoms with E-state index >= 15 is 0 Å². The van der Waals surface area contributed by atoms with Gasteiger partial charge in [0.1, 0.15) is 11.4 Å². The Morgan fingerprint density at radius 2 is 2.03 bits per heavy atom. The number of aryl methyl sites for hydroxylation is 2. The van der Waals surface area contributed by atoms with Crippen LogP contribution in [-0.2, 0) is 7.05 Å². The van der Waals surface area contributed by atoms with E-state index in [1.54, 1.807) is 38.7 Å². The molecule has 1 amide bonds. The second-order valence-electron chi connectivity index (χ2n) is 8.79. The van der Waals surface area contributed by atoms with Crippen molar-refractivity contribution in [1.82, 2.24) is 40.1 Å². The number of carbonyl (C=O) groups is 1. The van der Waals surface area contributed by atoms with Gasteiger partial charge in [-0.1, -0.05) is 23.3 Å². The average molecular weight is 524 g/mol. The maximum atomic E-state index is 13.6. The van der Waals surface area contributed by atoms with Crippen molar-refractivity contribution in [1.29, 1.82) is 0 Å². The normalized spacial score (nSPS) is 12.7. The van der Waals surface area contributed by atoms with Gasteiger partial charge in [-0.25, -0.2) is 9.97 Å². The van der Waals surface area contributed by atoms with Gasteiger partial charge in [0.05, 0.1) is 26.6 Å². The van der Waals surface area contributed by atoms with E-state index in [2.05, 4.69) is 52.5 Å². The summed E-state index contributed by atoms with van der Waals surface area (Å²) in [6.07, 6.45) is 5.53. The minimum atomic E-state index is -0.344. The van der Waals surface area contributed by atoms with Gasteiger partial charge in [0.25, 0.3) is 5.91 Å². The third-order valence-corrected chi connectivity index (χ3v) is 6.72. The van der Waals surface area contributed by atoms with Gasteiger partial charge in [-0.05, 0) is 54.7 Å². The van der Waals surface area contributed by atoms with Crippen molar-refractivity contribution in [2.45, 2.75) is 19.8 Å². The number of thiazole rings is 1. The third-order valence-electron chi connectivity index (χ3n) is 5.87. The predicted molar refractivity (Wildman–Crippen MR) is 142 cm³/mol. The minimum Gasteiger partial charge on any atom is -0.494 e. The number of ether oxygens (including phenoxy) is 1. The highest BCUT2D eigenvalue weighted by atomic mass is 32.1. The molecule has 4 aromatic heterocycles. The number of fused-ring (bicyclic) bond motifs is 1. The summed E-state index contributed by atoms with van der Waals surface area (Å²) in [5, 5.41) is 15.6. The topological polar surface area (TPSA) is 133 Å². The number of tetrazole rings is 1. The van der Waals surface area contributed by atoms with Gasteiger partial charge in [0, 0.05) is 28.3 Å². The van der Waals surface area contributed by atoms with Gasteiger partial charge in [-0.3, -0.25) is 15.1 Å². The lowest BCUT2D eigenvalue weighted by molar-refractivity contribution is 0.102. The fourth-order valence-corrected chi connectivity index (χ4v) is 4.62. The minimum absolute atomic E-state index is 0.344. The molecule has 4 heterocycles. The molecule has 188 valence electrons. The molecule has 0 spiro atoms. The van der Waals surface area contributed by atoms with Crippen LogP contribution in [0.1, 0.15) is 34.6 Å². The summed E-state index contributed by atoms with van der Waals surface area (Å²) < 4.78 is 5.57. The highest BCUT2D eigenvalue weighted by molar-refractivity contribution is 7.21. The maximum Gasteiger partial charge on any atom is 0.258 e. The smallest absolute Gasteiger partial charge is 0.258 e. The Hall–Kier alpha value is -4.76. The Bertz CT molecular complexity index is 1760. The summed E-state index contributed by atoms with van der Waals surface area (Å²) in [7, 11) is 3.26. The fourth-order valence-electron chi connectivity index (χ4n) is 3.83. The van der Waals surface area contributed by atoms with Crippen molar-refractivity contribution in [3.05, 3.63) is 53.6 Å². The zero-order valence-corrected chi connectivity index (χ0v) is 21.6. The first-order valence-corrected chi connectivity index (χ1v) is 12.6. The van der Waals surface area contributed by atoms with Crippen molar-refractivity contribution in [2.24, 2.45) is 13.0 Å². The van der Waals surface area contributed by atoms with Crippen molar-refractivity contribution >= 4 is 32.9 Å². The molecule has 1 aliphatic rings. The van der Waals surface area contributed by atoms with Crippen LogP contribution in [0.4, 0.5) is 5.13 Å². The summed E-state index contributed by atoms with van der Waals surface area (Å²) in [5.74, 6) is 7.35. The lowest BCUT2D eigenvalue weighted by atomic mass is 9.96. The first-order chi connectivity index (χ1) is 18.5. The van der Waals surface area contributed by atoms with E-state index < -0.39 is 0 Å². The summed E-state index contributed by atoms with van der Waals surface area (Å²) in [4.78, 5) is 33.2. The van der Waals surface area contributed by atoms with Crippen LogP contribution in [0.25, 0.3) is 33.0 Å². The van der Waals surface area contributed by atoms with Crippen molar-refractivity contribution < 1.29 is 9.53 Å². The molecule has 11 nitrogen and oxygen atoms in total. The number of amides is 1. The van der Waals surface area contributed by atoms with Crippen LogP contribution in [0.2, 0.25) is 0 Å². The number of hydrogen-bond acceptors (Lipinski definition) is 10. The second kappa shape index (κ2) is 9.60. The molecule has 1 N–H and O–H groups in total. The molecule has 1 aliphatic carbocycles. The summed E-state index contributed by atoms with van der Waals surface area (Å²) in [5.41, 5.74) is 4.29. The first kappa shape index (κ1) is 23.6. The van der Waals surface area contributed by atoms with Crippen LogP contribution in [0.15, 0.2) is 36.7 Å². The Morgan fingerprint density at radius 1 is 1.16 bits per heavy atom. The number of methoxy groups -OCH3 is 1. The fraction of sp³-hybridized carbons (Fsp3) is 0.231. The Morgan fingerprint density at radius 3 is 2.79 bits per heavy atom. The first-order valence-electron chi connectivity index (χ1n) is 11.8. The van der Waals surface area contributed by atoms with Gasteiger partial charge in [-0.2, -0.15) is 9.78 Å². The molecule has 0 aliphatic heterocycles. The van der Waals surface area contributed by atoms with Gasteiger partial charge >= 0.3 is 0 Å².